The molecule has 1 aliphatic heterocycles. The quantitative estimate of drug-likeness (QED) is 0.844. The summed E-state index contributed by atoms with van der Waals surface area (Å²) < 4.78 is 24.6. The molecule has 0 saturated carbocycles. The van der Waals surface area contributed by atoms with E-state index in [1.165, 1.54) is 6.07 Å². The number of fused-ring (bicyclic) bond motifs is 1. The summed E-state index contributed by atoms with van der Waals surface area (Å²) in [5, 5.41) is 3.45. The van der Waals surface area contributed by atoms with Gasteiger partial charge in [-0.25, -0.2) is 4.39 Å². The fraction of sp³-hybridized carbons (Fsp3) is 0.538. The number of thioether (sulfide) groups is 1. The Hall–Kier alpha value is -0.390. The van der Waals surface area contributed by atoms with Crippen molar-refractivity contribution in [2.24, 2.45) is 0 Å². The minimum Gasteiger partial charge on any atom is -0.310 e. The molecule has 0 amide bonds. The lowest BCUT2D eigenvalue weighted by molar-refractivity contribution is 0.497. The molecule has 1 aliphatic rings. The van der Waals surface area contributed by atoms with Gasteiger partial charge in [0.15, 0.2) is 0 Å². The molecule has 100 valence electrons. The Kier molecular flexibility index (Phi) is 5.21. The average Bonchev–Trinajstić information content (AvgIpc) is 2.35. The van der Waals surface area contributed by atoms with Crippen LogP contribution in [0.25, 0.3) is 0 Å². The van der Waals surface area contributed by atoms with Crippen molar-refractivity contribution < 1.29 is 8.60 Å². The van der Waals surface area contributed by atoms with Crippen molar-refractivity contribution in [2.45, 2.75) is 23.8 Å². The average molecular weight is 287 g/mol. The second kappa shape index (κ2) is 6.68. The van der Waals surface area contributed by atoms with Crippen LogP contribution in [0.1, 0.15) is 24.4 Å². The predicted octanol–water partition coefficient (Wildman–Crippen LogP) is 2.72. The Labute approximate surface area is 114 Å². The summed E-state index contributed by atoms with van der Waals surface area (Å²) in [4.78, 5) is 0.792. The van der Waals surface area contributed by atoms with Crippen LogP contribution in [0.3, 0.4) is 0 Å². The number of benzene rings is 1. The van der Waals surface area contributed by atoms with Crippen LogP contribution in [0, 0.1) is 5.82 Å². The van der Waals surface area contributed by atoms with Gasteiger partial charge in [0.05, 0.1) is 0 Å². The first kappa shape index (κ1) is 14.0. The molecule has 0 aliphatic carbocycles. The lowest BCUT2D eigenvalue weighted by Crippen LogP contribution is -2.26. The monoisotopic (exact) mass is 287 g/mol. The lowest BCUT2D eigenvalue weighted by atomic mass is 10.0. The van der Waals surface area contributed by atoms with E-state index < -0.39 is 10.8 Å². The van der Waals surface area contributed by atoms with Crippen molar-refractivity contribution in [3.05, 3.63) is 29.6 Å². The maximum Gasteiger partial charge on any atom is 0.137 e. The zero-order valence-corrected chi connectivity index (χ0v) is 12.1. The van der Waals surface area contributed by atoms with Gasteiger partial charge in [0, 0.05) is 33.7 Å². The minimum absolute atomic E-state index is 0.112. The summed E-state index contributed by atoms with van der Waals surface area (Å²) >= 11 is 1.60. The highest BCUT2D eigenvalue weighted by Gasteiger charge is 2.22. The number of rotatable bonds is 5. The molecule has 2 unspecified atom stereocenters. The summed E-state index contributed by atoms with van der Waals surface area (Å²) in [6, 6.07) is 5.53. The molecule has 18 heavy (non-hydrogen) atoms. The van der Waals surface area contributed by atoms with E-state index in [4.69, 9.17) is 0 Å². The first-order chi connectivity index (χ1) is 8.68. The normalized spacial score (nSPS) is 20.4. The van der Waals surface area contributed by atoms with Gasteiger partial charge in [-0.1, -0.05) is 12.1 Å². The van der Waals surface area contributed by atoms with Crippen LogP contribution in [-0.2, 0) is 10.8 Å². The summed E-state index contributed by atoms with van der Waals surface area (Å²) in [7, 11) is -0.725. The largest absolute Gasteiger partial charge is 0.310 e. The standard InChI is InChI=1S/C13H18FNOS2/c1-18(16)9-3-7-15-12-6-8-17-13-10(12)4-2-5-11(13)14/h2,4-5,12,15H,3,6-9H2,1H3. The highest BCUT2D eigenvalue weighted by atomic mass is 32.2. The van der Waals surface area contributed by atoms with Crippen LogP contribution < -0.4 is 5.32 Å². The first-order valence-corrected chi connectivity index (χ1v) is 8.84. The minimum atomic E-state index is -0.725. The number of hydrogen-bond donors (Lipinski definition) is 1. The van der Waals surface area contributed by atoms with Gasteiger partial charge >= 0.3 is 0 Å². The van der Waals surface area contributed by atoms with Crippen molar-refractivity contribution in [2.75, 3.05) is 24.3 Å². The van der Waals surface area contributed by atoms with E-state index >= 15 is 0 Å². The van der Waals surface area contributed by atoms with Gasteiger partial charge in [-0.3, -0.25) is 4.21 Å². The molecular formula is C13H18FNOS2. The van der Waals surface area contributed by atoms with Crippen LogP contribution in [-0.4, -0.2) is 28.5 Å². The van der Waals surface area contributed by atoms with Gasteiger partial charge in [-0.2, -0.15) is 0 Å². The molecule has 1 aromatic rings. The Bertz CT molecular complexity index is 439. The van der Waals surface area contributed by atoms with E-state index in [9.17, 15) is 8.60 Å². The van der Waals surface area contributed by atoms with E-state index in [0.717, 1.165) is 41.4 Å². The summed E-state index contributed by atoms with van der Waals surface area (Å²) in [5.41, 5.74) is 1.07. The third kappa shape index (κ3) is 3.56. The number of halogens is 1. The molecule has 0 fully saturated rings. The summed E-state index contributed by atoms with van der Waals surface area (Å²) in [5.74, 6) is 1.56. The lowest BCUT2D eigenvalue weighted by Gasteiger charge is -2.26. The maximum absolute atomic E-state index is 13.7. The summed E-state index contributed by atoms with van der Waals surface area (Å²) in [6.45, 7) is 0.838. The molecule has 1 aromatic carbocycles. The van der Waals surface area contributed by atoms with Gasteiger partial charge in [0.1, 0.15) is 5.82 Å². The molecule has 0 aromatic heterocycles. The summed E-state index contributed by atoms with van der Waals surface area (Å²) in [6.07, 6.45) is 3.65. The van der Waals surface area contributed by atoms with Crippen LogP contribution >= 0.6 is 11.8 Å². The topological polar surface area (TPSA) is 29.1 Å². The Morgan fingerprint density at radius 2 is 2.39 bits per heavy atom. The van der Waals surface area contributed by atoms with E-state index in [-0.39, 0.29) is 11.9 Å². The van der Waals surface area contributed by atoms with Crippen molar-refractivity contribution in [3.63, 3.8) is 0 Å². The second-order valence-electron chi connectivity index (χ2n) is 4.43. The van der Waals surface area contributed by atoms with Gasteiger partial charge in [0.2, 0.25) is 0 Å². The molecule has 1 heterocycles. The zero-order valence-electron chi connectivity index (χ0n) is 10.4. The van der Waals surface area contributed by atoms with E-state index in [1.54, 1.807) is 24.1 Å². The Morgan fingerprint density at radius 1 is 1.56 bits per heavy atom. The number of hydrogen-bond acceptors (Lipinski definition) is 3. The van der Waals surface area contributed by atoms with Crippen molar-refractivity contribution in [1.29, 1.82) is 0 Å². The fourth-order valence-corrected chi connectivity index (χ4v) is 3.84. The SMILES string of the molecule is CS(=O)CCCNC1CCSc2c(F)cccc21. The molecule has 1 N–H and O–H groups in total. The smallest absolute Gasteiger partial charge is 0.137 e. The van der Waals surface area contributed by atoms with Crippen LogP contribution in [0.5, 0.6) is 0 Å². The van der Waals surface area contributed by atoms with E-state index in [2.05, 4.69) is 5.32 Å². The van der Waals surface area contributed by atoms with Gasteiger partial charge in [0.25, 0.3) is 0 Å². The molecule has 2 atom stereocenters. The maximum atomic E-state index is 13.7. The number of nitrogens with one attached hydrogen (secondary N) is 1. The Morgan fingerprint density at radius 3 is 3.17 bits per heavy atom. The van der Waals surface area contributed by atoms with Gasteiger partial charge < -0.3 is 5.32 Å². The molecular weight excluding hydrogens is 269 g/mol. The predicted molar refractivity (Wildman–Crippen MR) is 76.0 cm³/mol. The van der Waals surface area contributed by atoms with Gasteiger partial charge in [-0.15, -0.1) is 11.8 Å². The first-order valence-electron chi connectivity index (χ1n) is 6.13. The highest BCUT2D eigenvalue weighted by molar-refractivity contribution is 7.99. The Balaban J connectivity index is 1.96. The van der Waals surface area contributed by atoms with Crippen LogP contribution in [0.15, 0.2) is 23.1 Å². The molecule has 5 heteroatoms. The second-order valence-corrected chi connectivity index (χ2v) is 7.09. The van der Waals surface area contributed by atoms with Crippen molar-refractivity contribution >= 4 is 22.6 Å². The molecule has 0 radical (unpaired) electrons. The molecule has 0 saturated heterocycles. The van der Waals surface area contributed by atoms with Crippen LogP contribution in [0.4, 0.5) is 4.39 Å². The van der Waals surface area contributed by atoms with Crippen LogP contribution in [0.2, 0.25) is 0 Å². The third-order valence-corrected chi connectivity index (χ3v) is 5.05. The molecule has 0 spiro atoms. The molecule has 0 bridgehead atoms. The van der Waals surface area contributed by atoms with E-state index in [1.807, 2.05) is 6.07 Å². The fourth-order valence-electron chi connectivity index (χ4n) is 2.15. The highest BCUT2D eigenvalue weighted by Crippen LogP contribution is 2.37. The third-order valence-electron chi connectivity index (χ3n) is 3.03. The van der Waals surface area contributed by atoms with E-state index in [0.29, 0.717) is 0 Å². The van der Waals surface area contributed by atoms with Gasteiger partial charge in [-0.05, 0) is 36.8 Å². The van der Waals surface area contributed by atoms with Crippen molar-refractivity contribution in [3.8, 4) is 0 Å². The molecule has 2 rings (SSSR count). The van der Waals surface area contributed by atoms with Crippen molar-refractivity contribution in [1.82, 2.24) is 5.32 Å². The molecule has 2 nitrogen and oxygen atoms in total. The zero-order chi connectivity index (χ0) is 13.0.